The van der Waals surface area contributed by atoms with Gasteiger partial charge in [-0.25, -0.2) is 0 Å². The van der Waals surface area contributed by atoms with E-state index in [2.05, 4.69) is 21.2 Å². The SMILES string of the molecule is CCOc1ccc(NC(=O)C=Cc2ccc(OC)c(Br)c2)cc1. The number of anilines is 1. The Morgan fingerprint density at radius 3 is 2.57 bits per heavy atom. The lowest BCUT2D eigenvalue weighted by Gasteiger charge is -2.05. The molecule has 23 heavy (non-hydrogen) atoms. The lowest BCUT2D eigenvalue weighted by Crippen LogP contribution is -2.07. The van der Waals surface area contributed by atoms with Gasteiger partial charge >= 0.3 is 0 Å². The molecule has 0 atom stereocenters. The smallest absolute Gasteiger partial charge is 0.248 e. The summed E-state index contributed by atoms with van der Waals surface area (Å²) in [7, 11) is 1.61. The monoisotopic (exact) mass is 375 g/mol. The number of hydrogen-bond donors (Lipinski definition) is 1. The summed E-state index contributed by atoms with van der Waals surface area (Å²) in [6, 6.07) is 12.9. The van der Waals surface area contributed by atoms with Crippen molar-refractivity contribution in [3.05, 3.63) is 58.6 Å². The normalized spacial score (nSPS) is 10.6. The number of hydrogen-bond acceptors (Lipinski definition) is 3. The van der Waals surface area contributed by atoms with Crippen LogP contribution in [0.3, 0.4) is 0 Å². The Hall–Kier alpha value is -2.27. The van der Waals surface area contributed by atoms with Crippen molar-refractivity contribution in [3.8, 4) is 11.5 Å². The van der Waals surface area contributed by atoms with Crippen molar-refractivity contribution in [3.63, 3.8) is 0 Å². The van der Waals surface area contributed by atoms with Crippen LogP contribution in [0.2, 0.25) is 0 Å². The van der Waals surface area contributed by atoms with Crippen LogP contribution in [0.4, 0.5) is 5.69 Å². The zero-order valence-electron chi connectivity index (χ0n) is 13.0. The Balaban J connectivity index is 1.97. The van der Waals surface area contributed by atoms with Gasteiger partial charge in [0.05, 0.1) is 18.2 Å². The van der Waals surface area contributed by atoms with E-state index in [9.17, 15) is 4.79 Å². The molecule has 0 aromatic heterocycles. The van der Waals surface area contributed by atoms with Crippen LogP contribution in [0.15, 0.2) is 53.0 Å². The molecule has 0 spiro atoms. The first-order chi connectivity index (χ1) is 11.1. The van der Waals surface area contributed by atoms with Crippen molar-refractivity contribution >= 4 is 33.6 Å². The Morgan fingerprint density at radius 2 is 1.96 bits per heavy atom. The van der Waals surface area contributed by atoms with Gasteiger partial charge in [0.15, 0.2) is 0 Å². The third-order valence-electron chi connectivity index (χ3n) is 3.04. The molecule has 2 rings (SSSR count). The van der Waals surface area contributed by atoms with Crippen LogP contribution < -0.4 is 14.8 Å². The van der Waals surface area contributed by atoms with E-state index in [0.29, 0.717) is 6.61 Å². The van der Waals surface area contributed by atoms with Crippen molar-refractivity contribution in [2.45, 2.75) is 6.92 Å². The number of nitrogens with one attached hydrogen (secondary N) is 1. The van der Waals surface area contributed by atoms with Crippen LogP contribution in [0.1, 0.15) is 12.5 Å². The molecule has 0 radical (unpaired) electrons. The lowest BCUT2D eigenvalue weighted by atomic mass is 10.2. The van der Waals surface area contributed by atoms with Crippen molar-refractivity contribution in [2.75, 3.05) is 19.0 Å². The van der Waals surface area contributed by atoms with Gasteiger partial charge in [0.25, 0.3) is 0 Å². The van der Waals surface area contributed by atoms with Crippen molar-refractivity contribution in [1.29, 1.82) is 0 Å². The number of carbonyl (C=O) groups is 1. The van der Waals surface area contributed by atoms with Crippen LogP contribution in [0, 0.1) is 0 Å². The molecule has 5 heteroatoms. The lowest BCUT2D eigenvalue weighted by molar-refractivity contribution is -0.111. The van der Waals surface area contributed by atoms with Gasteiger partial charge < -0.3 is 14.8 Å². The van der Waals surface area contributed by atoms with Gasteiger partial charge in [-0.3, -0.25) is 4.79 Å². The molecule has 0 unspecified atom stereocenters. The molecule has 0 saturated heterocycles. The van der Waals surface area contributed by atoms with E-state index in [4.69, 9.17) is 9.47 Å². The quantitative estimate of drug-likeness (QED) is 0.755. The topological polar surface area (TPSA) is 47.6 Å². The highest BCUT2D eigenvalue weighted by Crippen LogP contribution is 2.26. The average molecular weight is 376 g/mol. The third-order valence-corrected chi connectivity index (χ3v) is 3.66. The Kier molecular flexibility index (Phi) is 6.23. The molecule has 2 aromatic carbocycles. The maximum atomic E-state index is 11.9. The average Bonchev–Trinajstić information content (AvgIpc) is 2.55. The Morgan fingerprint density at radius 1 is 1.22 bits per heavy atom. The van der Waals surface area contributed by atoms with Crippen molar-refractivity contribution in [2.24, 2.45) is 0 Å². The maximum Gasteiger partial charge on any atom is 0.248 e. The predicted octanol–water partition coefficient (Wildman–Crippen LogP) is 4.51. The minimum Gasteiger partial charge on any atom is -0.496 e. The number of rotatable bonds is 6. The molecular formula is C18H18BrNO3. The summed E-state index contributed by atoms with van der Waals surface area (Å²) in [6.45, 7) is 2.55. The summed E-state index contributed by atoms with van der Waals surface area (Å²) in [6.07, 6.45) is 3.23. The zero-order valence-corrected chi connectivity index (χ0v) is 14.6. The van der Waals surface area contributed by atoms with Crippen LogP contribution in [-0.2, 0) is 4.79 Å². The van der Waals surface area contributed by atoms with Crippen molar-refractivity contribution in [1.82, 2.24) is 0 Å². The number of benzene rings is 2. The maximum absolute atomic E-state index is 11.9. The second kappa shape index (κ2) is 8.39. The highest BCUT2D eigenvalue weighted by Gasteiger charge is 2.01. The first-order valence-electron chi connectivity index (χ1n) is 7.18. The zero-order chi connectivity index (χ0) is 16.7. The molecule has 0 saturated carbocycles. The van der Waals surface area contributed by atoms with Crippen LogP contribution in [0.5, 0.6) is 11.5 Å². The highest BCUT2D eigenvalue weighted by atomic mass is 79.9. The van der Waals surface area contributed by atoms with Gasteiger partial charge in [-0.2, -0.15) is 0 Å². The van der Waals surface area contributed by atoms with Gasteiger partial charge in [-0.1, -0.05) is 6.07 Å². The molecule has 1 N–H and O–H groups in total. The summed E-state index contributed by atoms with van der Waals surface area (Å²) < 4.78 is 11.4. The van der Waals surface area contributed by atoms with Gasteiger partial charge in [0, 0.05) is 11.8 Å². The van der Waals surface area contributed by atoms with E-state index >= 15 is 0 Å². The van der Waals surface area contributed by atoms with Gasteiger partial charge in [-0.15, -0.1) is 0 Å². The van der Waals surface area contributed by atoms with Gasteiger partial charge in [-0.05, 0) is 70.9 Å². The van der Waals surface area contributed by atoms with E-state index in [1.165, 1.54) is 6.08 Å². The van der Waals surface area contributed by atoms with Crippen molar-refractivity contribution < 1.29 is 14.3 Å². The molecule has 0 aliphatic heterocycles. The van der Waals surface area contributed by atoms with E-state index < -0.39 is 0 Å². The molecule has 0 bridgehead atoms. The molecule has 0 aliphatic rings. The van der Waals surface area contributed by atoms with E-state index in [0.717, 1.165) is 27.2 Å². The summed E-state index contributed by atoms with van der Waals surface area (Å²) in [5, 5.41) is 2.80. The number of halogens is 1. The molecule has 0 fully saturated rings. The highest BCUT2D eigenvalue weighted by molar-refractivity contribution is 9.10. The number of methoxy groups -OCH3 is 1. The summed E-state index contributed by atoms with van der Waals surface area (Å²) >= 11 is 3.42. The van der Waals surface area contributed by atoms with E-state index in [1.54, 1.807) is 25.3 Å². The number of ether oxygens (including phenoxy) is 2. The van der Waals surface area contributed by atoms with E-state index in [1.807, 2.05) is 37.3 Å². The first kappa shape index (κ1) is 17.1. The van der Waals surface area contributed by atoms with Crippen LogP contribution in [-0.4, -0.2) is 19.6 Å². The molecule has 120 valence electrons. The molecule has 1 amide bonds. The van der Waals surface area contributed by atoms with E-state index in [-0.39, 0.29) is 5.91 Å². The molecular weight excluding hydrogens is 358 g/mol. The fourth-order valence-electron chi connectivity index (χ4n) is 1.94. The first-order valence-corrected chi connectivity index (χ1v) is 7.97. The summed E-state index contributed by atoms with van der Waals surface area (Å²) in [5.74, 6) is 1.34. The van der Waals surface area contributed by atoms with Crippen LogP contribution >= 0.6 is 15.9 Å². The fourth-order valence-corrected chi connectivity index (χ4v) is 2.50. The second-order valence-corrected chi connectivity index (χ2v) is 5.53. The second-order valence-electron chi connectivity index (χ2n) is 4.67. The fraction of sp³-hybridized carbons (Fsp3) is 0.167. The minimum absolute atomic E-state index is 0.193. The van der Waals surface area contributed by atoms with Gasteiger partial charge in [0.1, 0.15) is 11.5 Å². The predicted molar refractivity (Wildman–Crippen MR) is 96.0 cm³/mol. The largest absolute Gasteiger partial charge is 0.496 e. The van der Waals surface area contributed by atoms with Crippen LogP contribution in [0.25, 0.3) is 6.08 Å². The number of amides is 1. The Bertz CT molecular complexity index is 696. The minimum atomic E-state index is -0.193. The molecule has 0 heterocycles. The summed E-state index contributed by atoms with van der Waals surface area (Å²) in [5.41, 5.74) is 1.62. The molecule has 2 aromatic rings. The Labute approximate surface area is 144 Å². The van der Waals surface area contributed by atoms with Gasteiger partial charge in [0.2, 0.25) is 5.91 Å². The summed E-state index contributed by atoms with van der Waals surface area (Å²) in [4.78, 5) is 11.9. The number of carbonyl (C=O) groups excluding carboxylic acids is 1. The third kappa shape index (κ3) is 5.14. The standard InChI is InChI=1S/C18H18BrNO3/c1-3-23-15-8-6-14(7-9-15)20-18(21)11-5-13-4-10-17(22-2)16(19)12-13/h4-12H,3H2,1-2H3,(H,20,21). The molecule has 0 aliphatic carbocycles. The molecule has 4 nitrogen and oxygen atoms in total.